The number of aromatic nitrogens is 2. The van der Waals surface area contributed by atoms with Gasteiger partial charge >= 0.3 is 0 Å². The summed E-state index contributed by atoms with van der Waals surface area (Å²) in [5.41, 5.74) is 8.22. The molecule has 5 nitrogen and oxygen atoms in total. The van der Waals surface area contributed by atoms with E-state index in [1.54, 1.807) is 22.9 Å². The average molecular weight is 270 g/mol. The van der Waals surface area contributed by atoms with Gasteiger partial charge in [0, 0.05) is 38.0 Å². The van der Waals surface area contributed by atoms with Crippen molar-refractivity contribution in [3.8, 4) is 0 Å². The van der Waals surface area contributed by atoms with Crippen molar-refractivity contribution in [3.63, 3.8) is 0 Å². The Balaban J connectivity index is 1.76. The maximum absolute atomic E-state index is 11.6. The van der Waals surface area contributed by atoms with Crippen molar-refractivity contribution < 1.29 is 4.79 Å². The molecule has 0 fully saturated rings. The predicted octanol–water partition coefficient (Wildman–Crippen LogP) is 1.37. The van der Waals surface area contributed by atoms with Crippen molar-refractivity contribution in [2.45, 2.75) is 6.42 Å². The van der Waals surface area contributed by atoms with E-state index in [0.717, 1.165) is 17.7 Å². The highest BCUT2D eigenvalue weighted by Crippen LogP contribution is 2.06. The number of hydrogen-bond acceptors (Lipinski definition) is 3. The number of carbonyl (C=O) groups is 1. The van der Waals surface area contributed by atoms with Crippen LogP contribution in [0.3, 0.4) is 0 Å². The van der Waals surface area contributed by atoms with Crippen LogP contribution in [-0.4, -0.2) is 22.2 Å². The molecule has 0 atom stereocenters. The Morgan fingerprint density at radius 3 is 2.75 bits per heavy atom. The van der Waals surface area contributed by atoms with Gasteiger partial charge in [-0.1, -0.05) is 12.1 Å². The maximum Gasteiger partial charge on any atom is 0.244 e. The van der Waals surface area contributed by atoms with E-state index in [2.05, 4.69) is 10.4 Å². The molecule has 2 rings (SSSR count). The molecule has 3 N–H and O–H groups in total. The van der Waals surface area contributed by atoms with Crippen LogP contribution in [0.2, 0.25) is 0 Å². The monoisotopic (exact) mass is 270 g/mol. The van der Waals surface area contributed by atoms with Crippen LogP contribution in [0.5, 0.6) is 0 Å². The number of nitrogens with two attached hydrogens (primary N) is 1. The molecule has 1 aromatic heterocycles. The highest BCUT2D eigenvalue weighted by molar-refractivity contribution is 5.91. The van der Waals surface area contributed by atoms with Gasteiger partial charge in [-0.3, -0.25) is 9.48 Å². The second-order valence-corrected chi connectivity index (χ2v) is 4.52. The first-order valence-electron chi connectivity index (χ1n) is 6.43. The van der Waals surface area contributed by atoms with Crippen LogP contribution in [0, 0.1) is 0 Å². The largest absolute Gasteiger partial charge is 0.399 e. The fourth-order valence-corrected chi connectivity index (χ4v) is 1.75. The van der Waals surface area contributed by atoms with E-state index in [1.807, 2.05) is 31.4 Å². The molecule has 2 aromatic rings. The molecule has 1 amide bonds. The average Bonchev–Trinajstić information content (AvgIpc) is 2.84. The molecule has 0 aliphatic rings. The fourth-order valence-electron chi connectivity index (χ4n) is 1.75. The third-order valence-electron chi connectivity index (χ3n) is 2.81. The zero-order chi connectivity index (χ0) is 14.4. The van der Waals surface area contributed by atoms with E-state index in [1.165, 1.54) is 6.08 Å². The lowest BCUT2D eigenvalue weighted by atomic mass is 10.2. The molecule has 104 valence electrons. The number of nitrogens with zero attached hydrogens (tertiary/aromatic N) is 2. The fraction of sp³-hybridized carbons (Fsp3) is 0.200. The number of carbonyl (C=O) groups excluding carboxylic acids is 1. The molecule has 0 saturated heterocycles. The molecule has 20 heavy (non-hydrogen) atoms. The number of benzene rings is 1. The molecule has 0 bridgehead atoms. The van der Waals surface area contributed by atoms with Gasteiger partial charge in [0.15, 0.2) is 0 Å². The number of hydrogen-bond donors (Lipinski definition) is 2. The van der Waals surface area contributed by atoms with Crippen molar-refractivity contribution in [2.24, 2.45) is 7.05 Å². The van der Waals surface area contributed by atoms with Gasteiger partial charge in [0.25, 0.3) is 0 Å². The van der Waals surface area contributed by atoms with E-state index < -0.39 is 0 Å². The van der Waals surface area contributed by atoms with Gasteiger partial charge in [0.1, 0.15) is 0 Å². The minimum absolute atomic E-state index is 0.113. The van der Waals surface area contributed by atoms with Crippen molar-refractivity contribution in [1.29, 1.82) is 0 Å². The van der Waals surface area contributed by atoms with Crippen LogP contribution in [-0.2, 0) is 18.3 Å². The lowest BCUT2D eigenvalue weighted by Gasteiger charge is -2.00. The number of aryl methyl sites for hydroxylation is 1. The SMILES string of the molecule is Cn1ccc(CCNC(=O)/C=C/c2ccc(N)cc2)n1. The summed E-state index contributed by atoms with van der Waals surface area (Å²) in [5.74, 6) is -0.113. The van der Waals surface area contributed by atoms with Gasteiger partial charge in [-0.05, 0) is 29.8 Å². The summed E-state index contributed by atoms with van der Waals surface area (Å²) in [7, 11) is 1.87. The highest BCUT2D eigenvalue weighted by Gasteiger charge is 1.98. The Bertz CT molecular complexity index is 599. The number of nitrogens with one attached hydrogen (secondary N) is 1. The molecule has 1 aromatic carbocycles. The van der Waals surface area contributed by atoms with E-state index in [4.69, 9.17) is 5.73 Å². The van der Waals surface area contributed by atoms with Crippen molar-refractivity contribution >= 4 is 17.7 Å². The minimum Gasteiger partial charge on any atom is -0.399 e. The van der Waals surface area contributed by atoms with Gasteiger partial charge in [0.2, 0.25) is 5.91 Å². The van der Waals surface area contributed by atoms with E-state index >= 15 is 0 Å². The van der Waals surface area contributed by atoms with Gasteiger partial charge in [-0.2, -0.15) is 5.10 Å². The van der Waals surface area contributed by atoms with E-state index in [9.17, 15) is 4.79 Å². The summed E-state index contributed by atoms with van der Waals surface area (Å²) in [6.45, 7) is 0.571. The van der Waals surface area contributed by atoms with Gasteiger partial charge in [-0.15, -0.1) is 0 Å². The van der Waals surface area contributed by atoms with Crippen LogP contribution < -0.4 is 11.1 Å². The molecular formula is C15H18N4O. The van der Waals surface area contributed by atoms with Crippen molar-refractivity contribution in [3.05, 3.63) is 53.9 Å². The number of anilines is 1. The van der Waals surface area contributed by atoms with Gasteiger partial charge in [-0.25, -0.2) is 0 Å². The minimum atomic E-state index is -0.113. The van der Waals surface area contributed by atoms with E-state index in [0.29, 0.717) is 12.2 Å². The summed E-state index contributed by atoms with van der Waals surface area (Å²) < 4.78 is 1.75. The van der Waals surface area contributed by atoms with Crippen molar-refractivity contribution in [1.82, 2.24) is 15.1 Å². The summed E-state index contributed by atoms with van der Waals surface area (Å²) in [5, 5.41) is 7.07. The van der Waals surface area contributed by atoms with Crippen LogP contribution in [0.15, 0.2) is 42.6 Å². The predicted molar refractivity (Wildman–Crippen MR) is 79.8 cm³/mol. The summed E-state index contributed by atoms with van der Waals surface area (Å²) in [6.07, 6.45) is 5.89. The molecule has 0 unspecified atom stereocenters. The summed E-state index contributed by atoms with van der Waals surface area (Å²) >= 11 is 0. The number of nitrogen functional groups attached to an aromatic ring is 1. The normalized spacial score (nSPS) is 10.8. The lowest BCUT2D eigenvalue weighted by Crippen LogP contribution is -2.23. The molecule has 0 saturated carbocycles. The smallest absolute Gasteiger partial charge is 0.244 e. The first kappa shape index (κ1) is 13.9. The van der Waals surface area contributed by atoms with Gasteiger partial charge < -0.3 is 11.1 Å². The first-order chi connectivity index (χ1) is 9.63. The Morgan fingerprint density at radius 1 is 1.35 bits per heavy atom. The molecule has 0 spiro atoms. The highest BCUT2D eigenvalue weighted by atomic mass is 16.1. The summed E-state index contributed by atoms with van der Waals surface area (Å²) in [4.78, 5) is 11.6. The Hall–Kier alpha value is -2.56. The second-order valence-electron chi connectivity index (χ2n) is 4.52. The Labute approximate surface area is 118 Å². The molecule has 5 heteroatoms. The molecule has 0 aliphatic heterocycles. The van der Waals surface area contributed by atoms with Crippen LogP contribution in [0.25, 0.3) is 6.08 Å². The molecule has 1 heterocycles. The van der Waals surface area contributed by atoms with E-state index in [-0.39, 0.29) is 5.91 Å². The Morgan fingerprint density at radius 2 is 2.10 bits per heavy atom. The third-order valence-corrected chi connectivity index (χ3v) is 2.81. The second kappa shape index (κ2) is 6.56. The van der Waals surface area contributed by atoms with Crippen LogP contribution in [0.4, 0.5) is 5.69 Å². The third kappa shape index (κ3) is 4.28. The number of rotatable bonds is 5. The summed E-state index contributed by atoms with van der Waals surface area (Å²) in [6, 6.07) is 9.29. The zero-order valence-corrected chi connectivity index (χ0v) is 11.4. The lowest BCUT2D eigenvalue weighted by molar-refractivity contribution is -0.116. The topological polar surface area (TPSA) is 72.9 Å². The first-order valence-corrected chi connectivity index (χ1v) is 6.43. The number of amides is 1. The zero-order valence-electron chi connectivity index (χ0n) is 11.4. The van der Waals surface area contributed by atoms with Gasteiger partial charge in [0.05, 0.1) is 5.69 Å². The maximum atomic E-state index is 11.6. The Kier molecular flexibility index (Phi) is 4.55. The van der Waals surface area contributed by atoms with Crippen LogP contribution in [0.1, 0.15) is 11.3 Å². The molecule has 0 aliphatic carbocycles. The molecule has 0 radical (unpaired) electrons. The van der Waals surface area contributed by atoms with Crippen LogP contribution >= 0.6 is 0 Å². The quantitative estimate of drug-likeness (QED) is 0.636. The standard InChI is InChI=1S/C15H18N4O/c1-19-11-9-14(18-19)8-10-17-15(20)7-4-12-2-5-13(16)6-3-12/h2-7,9,11H,8,10,16H2,1H3,(H,17,20)/b7-4+. The van der Waals surface area contributed by atoms with Crippen molar-refractivity contribution in [2.75, 3.05) is 12.3 Å². The molecular weight excluding hydrogens is 252 g/mol.